The summed E-state index contributed by atoms with van der Waals surface area (Å²) in [4.78, 5) is 16.6. The van der Waals surface area contributed by atoms with Crippen molar-refractivity contribution in [3.05, 3.63) is 23.4 Å². The van der Waals surface area contributed by atoms with Crippen molar-refractivity contribution in [2.75, 3.05) is 25.2 Å². The van der Waals surface area contributed by atoms with Crippen LogP contribution in [0.1, 0.15) is 42.7 Å². The van der Waals surface area contributed by atoms with E-state index in [0.717, 1.165) is 11.5 Å². The first-order chi connectivity index (χ1) is 8.97. The number of thioether (sulfide) groups is 1. The molecule has 1 amide bonds. The third kappa shape index (κ3) is 4.74. The molecule has 1 atom stereocenters. The van der Waals surface area contributed by atoms with Gasteiger partial charge in [-0.2, -0.15) is 11.8 Å². The molecule has 0 aliphatic rings. The van der Waals surface area contributed by atoms with Crippen LogP contribution < -0.4 is 10.6 Å². The minimum Gasteiger partial charge on any atom is -0.373 e. The number of carbonyl (C=O) groups is 1. The summed E-state index contributed by atoms with van der Waals surface area (Å²) in [5.74, 6) is 0.987. The Balaban J connectivity index is 2.86. The molecule has 1 rings (SSSR count). The average molecular weight is 281 g/mol. The first-order valence-corrected chi connectivity index (χ1v) is 7.77. The van der Waals surface area contributed by atoms with Crippen LogP contribution in [0.4, 0.5) is 5.82 Å². The lowest BCUT2D eigenvalue weighted by molar-refractivity contribution is 0.0954. The second-order valence-corrected chi connectivity index (χ2v) is 6.10. The maximum Gasteiger partial charge on any atom is 0.251 e. The zero-order chi connectivity index (χ0) is 14.4. The third-order valence-electron chi connectivity index (χ3n) is 2.91. The van der Waals surface area contributed by atoms with E-state index in [1.54, 1.807) is 17.8 Å². The van der Waals surface area contributed by atoms with Crippen LogP contribution >= 0.6 is 11.8 Å². The van der Waals surface area contributed by atoms with Crippen molar-refractivity contribution in [1.29, 1.82) is 0 Å². The largest absolute Gasteiger partial charge is 0.373 e. The highest BCUT2D eigenvalue weighted by molar-refractivity contribution is 7.99. The molecule has 0 spiro atoms. The molecule has 0 bridgehead atoms. The molecular formula is C14H23N3OS. The topological polar surface area (TPSA) is 54.0 Å². The van der Waals surface area contributed by atoms with Crippen molar-refractivity contribution in [2.45, 2.75) is 31.9 Å². The monoisotopic (exact) mass is 281 g/mol. The number of rotatable bonds is 6. The SMILES string of the molecule is CNc1cc(C(=O)NCC(C)SC)cc(C(C)C)n1. The van der Waals surface area contributed by atoms with E-state index >= 15 is 0 Å². The van der Waals surface area contributed by atoms with Crippen molar-refractivity contribution in [1.82, 2.24) is 10.3 Å². The molecule has 1 unspecified atom stereocenters. The molecule has 0 fully saturated rings. The number of amides is 1. The number of nitrogens with zero attached hydrogens (tertiary/aromatic N) is 1. The van der Waals surface area contributed by atoms with Crippen LogP contribution in [-0.2, 0) is 0 Å². The maximum atomic E-state index is 12.1. The Bertz CT molecular complexity index is 435. The Morgan fingerprint density at radius 3 is 2.58 bits per heavy atom. The van der Waals surface area contributed by atoms with Gasteiger partial charge >= 0.3 is 0 Å². The molecule has 4 nitrogen and oxygen atoms in total. The smallest absolute Gasteiger partial charge is 0.251 e. The van der Waals surface area contributed by atoms with Crippen molar-refractivity contribution < 1.29 is 4.79 Å². The average Bonchev–Trinajstić information content (AvgIpc) is 2.43. The summed E-state index contributed by atoms with van der Waals surface area (Å²) in [6.45, 7) is 6.91. The molecular weight excluding hydrogens is 258 g/mol. The number of hydrogen-bond donors (Lipinski definition) is 2. The van der Waals surface area contributed by atoms with Gasteiger partial charge in [0.15, 0.2) is 0 Å². The molecule has 0 aliphatic carbocycles. The summed E-state index contributed by atoms with van der Waals surface area (Å²) >= 11 is 1.74. The lowest BCUT2D eigenvalue weighted by atomic mass is 10.1. The van der Waals surface area contributed by atoms with Gasteiger partial charge < -0.3 is 10.6 Å². The second kappa shape index (κ2) is 7.38. The van der Waals surface area contributed by atoms with Gasteiger partial charge in [0.05, 0.1) is 0 Å². The lowest BCUT2D eigenvalue weighted by Crippen LogP contribution is -2.29. The predicted octanol–water partition coefficient (Wildman–Crippen LogP) is 2.73. The Labute approximate surface area is 119 Å². The number of anilines is 1. The minimum atomic E-state index is -0.0401. The molecule has 5 heteroatoms. The van der Waals surface area contributed by atoms with Gasteiger partial charge in [-0.3, -0.25) is 4.79 Å². The number of aromatic nitrogens is 1. The molecule has 2 N–H and O–H groups in total. The van der Waals surface area contributed by atoms with Gasteiger partial charge in [0.2, 0.25) is 0 Å². The quantitative estimate of drug-likeness (QED) is 0.842. The number of pyridine rings is 1. The van der Waals surface area contributed by atoms with Crippen molar-refractivity contribution in [3.63, 3.8) is 0 Å². The second-order valence-electron chi connectivity index (χ2n) is 4.83. The molecule has 0 saturated heterocycles. The Morgan fingerprint density at radius 2 is 2.05 bits per heavy atom. The fraction of sp³-hybridized carbons (Fsp3) is 0.571. The Kier molecular flexibility index (Phi) is 6.15. The molecule has 1 aromatic rings. The highest BCUT2D eigenvalue weighted by Crippen LogP contribution is 2.17. The van der Waals surface area contributed by atoms with Crippen LogP contribution in [0.3, 0.4) is 0 Å². The van der Waals surface area contributed by atoms with Crippen molar-refractivity contribution in [2.24, 2.45) is 0 Å². The normalized spacial score (nSPS) is 12.3. The summed E-state index contributed by atoms with van der Waals surface area (Å²) in [5.41, 5.74) is 1.59. The van der Waals surface area contributed by atoms with Crippen molar-refractivity contribution in [3.8, 4) is 0 Å². The zero-order valence-corrected chi connectivity index (χ0v) is 13.1. The third-order valence-corrected chi connectivity index (χ3v) is 3.88. The van der Waals surface area contributed by atoms with Gasteiger partial charge in [0.25, 0.3) is 5.91 Å². The van der Waals surface area contributed by atoms with E-state index in [2.05, 4.69) is 36.4 Å². The first kappa shape index (κ1) is 15.8. The Hall–Kier alpha value is -1.23. The zero-order valence-electron chi connectivity index (χ0n) is 12.3. The number of carbonyl (C=O) groups excluding carboxylic acids is 1. The molecule has 0 aromatic carbocycles. The lowest BCUT2D eigenvalue weighted by Gasteiger charge is -2.13. The van der Waals surface area contributed by atoms with Crippen molar-refractivity contribution >= 4 is 23.5 Å². The van der Waals surface area contributed by atoms with Gasteiger partial charge in [-0.25, -0.2) is 4.98 Å². The fourth-order valence-corrected chi connectivity index (χ4v) is 1.78. The van der Waals surface area contributed by atoms with Crippen LogP contribution in [0.15, 0.2) is 12.1 Å². The highest BCUT2D eigenvalue weighted by atomic mass is 32.2. The van der Waals surface area contributed by atoms with Gasteiger partial charge in [0, 0.05) is 30.1 Å². The maximum absolute atomic E-state index is 12.1. The van der Waals surface area contributed by atoms with Crippen LogP contribution in [0, 0.1) is 0 Å². The summed E-state index contributed by atoms with van der Waals surface area (Å²) in [6.07, 6.45) is 2.04. The summed E-state index contributed by atoms with van der Waals surface area (Å²) in [5, 5.41) is 6.37. The molecule has 1 heterocycles. The van der Waals surface area contributed by atoms with E-state index in [0.29, 0.717) is 23.3 Å². The van der Waals surface area contributed by atoms with E-state index in [4.69, 9.17) is 0 Å². The number of hydrogen-bond acceptors (Lipinski definition) is 4. The van der Waals surface area contributed by atoms with E-state index in [-0.39, 0.29) is 5.91 Å². The molecule has 0 aliphatic heterocycles. The number of nitrogens with one attached hydrogen (secondary N) is 2. The minimum absolute atomic E-state index is 0.0401. The van der Waals surface area contributed by atoms with Crippen LogP contribution in [-0.4, -0.2) is 36.0 Å². The summed E-state index contributed by atoms with van der Waals surface area (Å²) in [6, 6.07) is 3.65. The van der Waals surface area contributed by atoms with E-state index in [9.17, 15) is 4.79 Å². The van der Waals surface area contributed by atoms with Gasteiger partial charge in [-0.1, -0.05) is 20.8 Å². The fourth-order valence-electron chi connectivity index (χ4n) is 1.53. The van der Waals surface area contributed by atoms with Crippen LogP contribution in [0.5, 0.6) is 0 Å². The molecule has 0 saturated carbocycles. The molecule has 19 heavy (non-hydrogen) atoms. The predicted molar refractivity (Wildman–Crippen MR) is 83.2 cm³/mol. The van der Waals surface area contributed by atoms with E-state index in [1.165, 1.54) is 0 Å². The highest BCUT2D eigenvalue weighted by Gasteiger charge is 2.12. The van der Waals surface area contributed by atoms with Crippen LogP contribution in [0.25, 0.3) is 0 Å². The summed E-state index contributed by atoms with van der Waals surface area (Å²) < 4.78 is 0. The van der Waals surface area contributed by atoms with E-state index < -0.39 is 0 Å². The Morgan fingerprint density at radius 1 is 1.37 bits per heavy atom. The molecule has 106 valence electrons. The molecule has 0 radical (unpaired) electrons. The molecule has 1 aromatic heterocycles. The standard InChI is InChI=1S/C14H23N3OS/c1-9(2)12-6-11(7-13(15-4)17-12)14(18)16-8-10(3)19-5/h6-7,9-10H,8H2,1-5H3,(H,15,17)(H,16,18). The van der Waals surface area contributed by atoms with Gasteiger partial charge in [-0.05, 0) is 24.3 Å². The first-order valence-electron chi connectivity index (χ1n) is 6.48. The summed E-state index contributed by atoms with van der Waals surface area (Å²) in [7, 11) is 1.81. The van der Waals surface area contributed by atoms with Gasteiger partial charge in [0.1, 0.15) is 5.82 Å². The van der Waals surface area contributed by atoms with Gasteiger partial charge in [-0.15, -0.1) is 0 Å². The van der Waals surface area contributed by atoms with E-state index in [1.807, 2.05) is 19.4 Å². The van der Waals surface area contributed by atoms with Crippen LogP contribution in [0.2, 0.25) is 0 Å².